The van der Waals surface area contributed by atoms with Gasteiger partial charge in [0, 0.05) is 19.3 Å². The monoisotopic (exact) mass is 1010 g/mol. The molecule has 0 aromatic heterocycles. The van der Waals surface area contributed by atoms with Crippen molar-refractivity contribution in [2.24, 2.45) is 0 Å². The van der Waals surface area contributed by atoms with Crippen molar-refractivity contribution in [3.8, 4) is 0 Å². The van der Waals surface area contributed by atoms with Crippen molar-refractivity contribution >= 4 is 17.9 Å². The molecule has 6 heteroatoms. The molecule has 1 unspecified atom stereocenters. The van der Waals surface area contributed by atoms with Crippen LogP contribution in [-0.2, 0) is 28.6 Å². The average molecular weight is 1010 g/mol. The second kappa shape index (κ2) is 60.9. The Labute approximate surface area is 448 Å². The molecule has 420 valence electrons. The smallest absolute Gasteiger partial charge is 0.306 e. The van der Waals surface area contributed by atoms with Gasteiger partial charge in [0.15, 0.2) is 6.10 Å². The number of ether oxygens (including phenoxy) is 3. The van der Waals surface area contributed by atoms with Crippen LogP contribution in [0.2, 0.25) is 0 Å². The molecule has 0 aromatic carbocycles. The molecule has 0 radical (unpaired) electrons. The summed E-state index contributed by atoms with van der Waals surface area (Å²) < 4.78 is 16.8. The first-order valence-corrected chi connectivity index (χ1v) is 31.6. The lowest BCUT2D eigenvalue weighted by molar-refractivity contribution is -0.167. The van der Waals surface area contributed by atoms with Gasteiger partial charge in [0.25, 0.3) is 0 Å². The molecule has 0 bridgehead atoms. The second-order valence-corrected chi connectivity index (χ2v) is 21.3. The fourth-order valence-electron chi connectivity index (χ4n) is 9.26. The van der Waals surface area contributed by atoms with Crippen LogP contribution < -0.4 is 0 Å². The van der Waals surface area contributed by atoms with Gasteiger partial charge in [0.1, 0.15) is 13.2 Å². The molecule has 0 aliphatic rings. The maximum Gasteiger partial charge on any atom is 0.306 e. The minimum atomic E-state index is -0.772. The number of hydrogen-bond acceptors (Lipinski definition) is 6. The van der Waals surface area contributed by atoms with Crippen molar-refractivity contribution in [2.75, 3.05) is 13.2 Å². The van der Waals surface area contributed by atoms with Crippen LogP contribution in [0.25, 0.3) is 0 Å². The van der Waals surface area contributed by atoms with Crippen molar-refractivity contribution in [2.45, 2.75) is 341 Å². The largest absolute Gasteiger partial charge is 0.462 e. The molecule has 0 aromatic rings. The summed E-state index contributed by atoms with van der Waals surface area (Å²) in [4.78, 5) is 38.0. The van der Waals surface area contributed by atoms with Gasteiger partial charge in [-0.3, -0.25) is 14.4 Å². The Kier molecular flexibility index (Phi) is 58.7. The van der Waals surface area contributed by atoms with Gasteiger partial charge in [-0.15, -0.1) is 0 Å². The van der Waals surface area contributed by atoms with Gasteiger partial charge in [-0.05, 0) is 77.0 Å². The van der Waals surface area contributed by atoms with Crippen molar-refractivity contribution in [3.05, 3.63) is 48.6 Å². The highest BCUT2D eigenvalue weighted by molar-refractivity contribution is 5.71. The van der Waals surface area contributed by atoms with E-state index in [0.29, 0.717) is 19.3 Å². The molecule has 0 aliphatic heterocycles. The van der Waals surface area contributed by atoms with Crippen molar-refractivity contribution in [1.82, 2.24) is 0 Å². The van der Waals surface area contributed by atoms with Crippen LogP contribution in [0.1, 0.15) is 335 Å². The lowest BCUT2D eigenvalue weighted by atomic mass is 10.0. The highest BCUT2D eigenvalue weighted by Gasteiger charge is 2.19. The van der Waals surface area contributed by atoms with Crippen LogP contribution in [0, 0.1) is 0 Å². The van der Waals surface area contributed by atoms with E-state index in [9.17, 15) is 14.4 Å². The fourth-order valence-corrected chi connectivity index (χ4v) is 9.26. The van der Waals surface area contributed by atoms with Crippen LogP contribution in [0.3, 0.4) is 0 Å². The summed E-state index contributed by atoms with van der Waals surface area (Å²) in [6.07, 6.45) is 75.8. The number of carbonyl (C=O) groups excluding carboxylic acids is 3. The molecule has 1 atom stereocenters. The van der Waals surface area contributed by atoms with Gasteiger partial charge in [-0.2, -0.15) is 0 Å². The number of esters is 3. The Bertz CT molecular complexity index is 1250. The SMILES string of the molecule is CCCC/C=C\CCCCCCCC(=O)OC(COC(=O)CCCCCCCCCCCC)COC(=O)CCCCCCCCCCCCCCCCCCCC/C=C\C/C=C\C/C=C\CCCCCCC. The molecule has 0 fully saturated rings. The Morgan fingerprint density at radius 3 is 0.833 bits per heavy atom. The van der Waals surface area contributed by atoms with Crippen LogP contribution in [0.15, 0.2) is 48.6 Å². The zero-order chi connectivity index (χ0) is 52.2. The lowest BCUT2D eigenvalue weighted by Gasteiger charge is -2.18. The summed E-state index contributed by atoms with van der Waals surface area (Å²) in [5.74, 6) is -0.868. The van der Waals surface area contributed by atoms with Crippen LogP contribution in [0.5, 0.6) is 0 Å². The first kappa shape index (κ1) is 69.4. The zero-order valence-electron chi connectivity index (χ0n) is 48.2. The summed E-state index contributed by atoms with van der Waals surface area (Å²) in [5.41, 5.74) is 0. The Hall–Kier alpha value is -2.63. The number of carbonyl (C=O) groups is 3. The van der Waals surface area contributed by atoms with Crippen LogP contribution in [-0.4, -0.2) is 37.2 Å². The highest BCUT2D eigenvalue weighted by atomic mass is 16.6. The minimum absolute atomic E-state index is 0.0719. The van der Waals surface area contributed by atoms with E-state index >= 15 is 0 Å². The number of hydrogen-bond donors (Lipinski definition) is 0. The first-order chi connectivity index (χ1) is 35.5. The molecule has 0 rings (SSSR count). The standard InChI is InChI=1S/C66H120O6/c1-4-7-10-13-16-19-22-23-24-25-26-27-28-29-30-31-32-33-34-35-36-37-38-39-40-41-42-43-45-47-50-53-56-59-65(68)71-62-63(61-70-64(67)58-55-52-49-46-21-18-15-12-9-6-3)72-66(69)60-57-54-51-48-44-20-17-14-11-8-5-2/h14,17,22-23,25-26,28-29,63H,4-13,15-16,18-21,24,27,30-62H2,1-3H3/b17-14-,23-22-,26-25-,29-28-. The van der Waals surface area contributed by atoms with E-state index in [2.05, 4.69) is 69.4 Å². The lowest BCUT2D eigenvalue weighted by Crippen LogP contribution is -2.30. The van der Waals surface area contributed by atoms with Gasteiger partial charge in [-0.1, -0.05) is 288 Å². The fraction of sp³-hybridized carbons (Fsp3) is 0.833. The molecule has 72 heavy (non-hydrogen) atoms. The third-order valence-electron chi connectivity index (χ3n) is 14.1. The third kappa shape index (κ3) is 58.3. The second-order valence-electron chi connectivity index (χ2n) is 21.3. The van der Waals surface area contributed by atoms with E-state index in [0.717, 1.165) is 83.5 Å². The van der Waals surface area contributed by atoms with Gasteiger partial charge >= 0.3 is 17.9 Å². The maximum atomic E-state index is 12.8. The van der Waals surface area contributed by atoms with E-state index < -0.39 is 6.10 Å². The molecule has 0 saturated carbocycles. The number of rotatable bonds is 58. The van der Waals surface area contributed by atoms with Gasteiger partial charge in [-0.25, -0.2) is 0 Å². The molecule has 0 heterocycles. The summed E-state index contributed by atoms with van der Waals surface area (Å²) in [7, 11) is 0. The molecule has 0 aliphatic carbocycles. The molecular weight excluding hydrogens is 889 g/mol. The predicted molar refractivity (Wildman–Crippen MR) is 312 cm³/mol. The topological polar surface area (TPSA) is 78.9 Å². The third-order valence-corrected chi connectivity index (χ3v) is 14.1. The molecule has 0 saturated heterocycles. The van der Waals surface area contributed by atoms with E-state index in [1.54, 1.807) is 0 Å². The molecule has 6 nitrogen and oxygen atoms in total. The zero-order valence-corrected chi connectivity index (χ0v) is 48.2. The van der Waals surface area contributed by atoms with E-state index in [-0.39, 0.29) is 31.1 Å². The van der Waals surface area contributed by atoms with Crippen molar-refractivity contribution in [1.29, 1.82) is 0 Å². The Morgan fingerprint density at radius 1 is 0.278 bits per heavy atom. The Morgan fingerprint density at radius 2 is 0.514 bits per heavy atom. The van der Waals surface area contributed by atoms with Crippen molar-refractivity contribution < 1.29 is 28.6 Å². The van der Waals surface area contributed by atoms with Gasteiger partial charge in [0.05, 0.1) is 0 Å². The van der Waals surface area contributed by atoms with Crippen LogP contribution in [0.4, 0.5) is 0 Å². The first-order valence-electron chi connectivity index (χ1n) is 31.6. The predicted octanol–water partition coefficient (Wildman–Crippen LogP) is 21.4. The van der Waals surface area contributed by atoms with Crippen molar-refractivity contribution in [3.63, 3.8) is 0 Å². The van der Waals surface area contributed by atoms with E-state index in [1.165, 1.54) is 212 Å². The molecule has 0 spiro atoms. The van der Waals surface area contributed by atoms with E-state index in [1.807, 2.05) is 0 Å². The highest BCUT2D eigenvalue weighted by Crippen LogP contribution is 2.17. The van der Waals surface area contributed by atoms with Gasteiger partial charge in [0.2, 0.25) is 0 Å². The summed E-state index contributed by atoms with van der Waals surface area (Å²) in [6, 6.07) is 0. The molecule has 0 N–H and O–H groups in total. The molecular formula is C66H120O6. The van der Waals surface area contributed by atoms with Gasteiger partial charge < -0.3 is 14.2 Å². The summed E-state index contributed by atoms with van der Waals surface area (Å²) >= 11 is 0. The summed E-state index contributed by atoms with van der Waals surface area (Å²) in [6.45, 7) is 6.60. The normalized spacial score (nSPS) is 12.3. The quantitative estimate of drug-likeness (QED) is 0.0261. The maximum absolute atomic E-state index is 12.8. The number of allylic oxidation sites excluding steroid dienone is 8. The number of unbranched alkanes of at least 4 members (excludes halogenated alkanes) is 39. The van der Waals surface area contributed by atoms with E-state index in [4.69, 9.17) is 14.2 Å². The summed E-state index contributed by atoms with van der Waals surface area (Å²) in [5, 5.41) is 0. The minimum Gasteiger partial charge on any atom is -0.462 e. The average Bonchev–Trinajstić information content (AvgIpc) is 3.38. The Balaban J connectivity index is 3.99. The molecule has 0 amide bonds. The van der Waals surface area contributed by atoms with Crippen LogP contribution >= 0.6 is 0 Å².